The lowest BCUT2D eigenvalue weighted by Crippen LogP contribution is -2.60. The minimum Gasteiger partial charge on any atom is -0.452 e. The predicted octanol–water partition coefficient (Wildman–Crippen LogP) is 0.260. The summed E-state index contributed by atoms with van der Waals surface area (Å²) in [5.74, 6) is -4.24. The first-order valence-electron chi connectivity index (χ1n) is 15.0. The molecule has 2 aliphatic heterocycles. The zero-order valence-corrected chi connectivity index (χ0v) is 27.1. The van der Waals surface area contributed by atoms with Crippen LogP contribution in [0.4, 0.5) is 0 Å². The van der Waals surface area contributed by atoms with E-state index in [-0.39, 0.29) is 43.6 Å². The lowest BCUT2D eigenvalue weighted by atomic mass is 9.94. The summed E-state index contributed by atoms with van der Waals surface area (Å²) in [6.45, 7) is 8.91. The Morgan fingerprint density at radius 2 is 1.65 bits per heavy atom. The molecule has 0 radical (unpaired) electrons. The summed E-state index contributed by atoms with van der Waals surface area (Å²) < 4.78 is 5.44. The molecule has 0 aromatic carbocycles. The summed E-state index contributed by atoms with van der Waals surface area (Å²) in [5.41, 5.74) is 0. The Balaban J connectivity index is 2.54. The van der Waals surface area contributed by atoms with Gasteiger partial charge >= 0.3 is 5.97 Å². The average molecular weight is 630 g/mol. The van der Waals surface area contributed by atoms with E-state index in [1.165, 1.54) is 35.7 Å². The van der Waals surface area contributed by atoms with E-state index in [4.69, 9.17) is 16.3 Å². The van der Waals surface area contributed by atoms with Crippen molar-refractivity contribution in [1.82, 2.24) is 25.3 Å². The van der Waals surface area contributed by atoms with Crippen LogP contribution in [0.25, 0.3) is 0 Å². The second kappa shape index (κ2) is 16.2. The van der Waals surface area contributed by atoms with Crippen molar-refractivity contribution in [2.75, 3.05) is 33.1 Å². The summed E-state index contributed by atoms with van der Waals surface area (Å²) in [6.07, 6.45) is -1.72. The van der Waals surface area contributed by atoms with Crippen LogP contribution in [0.3, 0.4) is 0 Å². The van der Waals surface area contributed by atoms with Gasteiger partial charge in [0.05, 0.1) is 12.5 Å². The van der Waals surface area contributed by atoms with Crippen LogP contribution in [-0.2, 0) is 33.5 Å². The number of esters is 1. The number of likely N-dealkylation sites (N-methyl/N-ethyl adjacent to an activating group) is 2. The maximum atomic E-state index is 13.9. The molecule has 0 aliphatic carbocycles. The molecule has 7 atom stereocenters. The summed E-state index contributed by atoms with van der Waals surface area (Å²) >= 11 is 5.76. The van der Waals surface area contributed by atoms with E-state index < -0.39 is 71.9 Å². The number of fused-ring (bicyclic) bond motifs is 1. The molecule has 0 bridgehead atoms. The third kappa shape index (κ3) is 9.04. The number of aliphatic hydroxyl groups excluding tert-OH is 1. The smallest absolute Gasteiger partial charge is 0.308 e. The molecule has 0 aromatic rings. The van der Waals surface area contributed by atoms with E-state index in [2.05, 4.69) is 10.6 Å². The molecule has 2 heterocycles. The number of hydrogen-bond acceptors (Lipinski definition) is 8. The van der Waals surface area contributed by atoms with E-state index >= 15 is 0 Å². The van der Waals surface area contributed by atoms with Gasteiger partial charge in [-0.3, -0.25) is 28.8 Å². The molecule has 2 fully saturated rings. The highest BCUT2D eigenvalue weighted by Gasteiger charge is 2.43. The molecule has 2 unspecified atom stereocenters. The molecule has 3 N–H and O–H groups in total. The number of nitrogens with zero attached hydrogens (tertiary/aromatic N) is 3. The lowest BCUT2D eigenvalue weighted by Gasteiger charge is -2.38. The summed E-state index contributed by atoms with van der Waals surface area (Å²) in [7, 11) is 2.98. The number of amides is 5. The van der Waals surface area contributed by atoms with Crippen LogP contribution in [-0.4, -0.2) is 125 Å². The molecule has 13 nitrogen and oxygen atoms in total. The number of ether oxygens (including phenoxy) is 1. The van der Waals surface area contributed by atoms with E-state index in [0.29, 0.717) is 19.3 Å². The quantitative estimate of drug-likeness (QED) is 0.278. The monoisotopic (exact) mass is 629 g/mol. The fourth-order valence-corrected chi connectivity index (χ4v) is 5.54. The molecule has 5 amide bonds. The van der Waals surface area contributed by atoms with Gasteiger partial charge < -0.3 is 35.2 Å². The van der Waals surface area contributed by atoms with Crippen molar-refractivity contribution >= 4 is 47.1 Å². The van der Waals surface area contributed by atoms with Crippen LogP contribution in [0, 0.1) is 11.8 Å². The van der Waals surface area contributed by atoms with Crippen LogP contribution < -0.4 is 10.6 Å². The van der Waals surface area contributed by atoms with Gasteiger partial charge in [0, 0.05) is 39.5 Å². The number of cyclic esters (lactones) is 1. The van der Waals surface area contributed by atoms with Gasteiger partial charge in [0.25, 0.3) is 5.91 Å². The standard InChI is InChI=1S/C29H48ClN5O8/c1-8-17(4)23-28(41)34(7)24(16(2)3)29(42)33(6)18(5)25(38)31-12-11-22(37)43-21(14-19(36)15-30)27(40)35-13-9-10-20(35)26(39)32-23/h16-21,23-24,36H,8-15H2,1-7H3,(H,31,38)(H,32,39)/t17-,18-,19?,20-,21?,23-,24-/m0/s1. The van der Waals surface area contributed by atoms with Crippen LogP contribution >= 0.6 is 11.6 Å². The molecule has 43 heavy (non-hydrogen) atoms. The Labute approximate surface area is 259 Å². The van der Waals surface area contributed by atoms with Crippen molar-refractivity contribution in [2.45, 2.75) is 103 Å². The molecule has 2 rings (SSSR count). The highest BCUT2D eigenvalue weighted by atomic mass is 35.5. The largest absolute Gasteiger partial charge is 0.452 e. The number of carbonyl (C=O) groups is 6. The first-order chi connectivity index (χ1) is 20.2. The second-order valence-electron chi connectivity index (χ2n) is 11.9. The lowest BCUT2D eigenvalue weighted by molar-refractivity contribution is -0.163. The number of rotatable bonds is 6. The fourth-order valence-electron chi connectivity index (χ4n) is 5.41. The number of aliphatic hydroxyl groups is 1. The number of halogens is 1. The predicted molar refractivity (Wildman–Crippen MR) is 159 cm³/mol. The molecule has 2 saturated heterocycles. The Morgan fingerprint density at radius 1 is 1.00 bits per heavy atom. The molecule has 0 spiro atoms. The first kappa shape index (κ1) is 36.3. The van der Waals surface area contributed by atoms with E-state index in [1.54, 1.807) is 13.8 Å². The first-order valence-corrected chi connectivity index (χ1v) is 15.5. The third-order valence-electron chi connectivity index (χ3n) is 8.41. The molecule has 244 valence electrons. The molecule has 14 heteroatoms. The van der Waals surface area contributed by atoms with Crippen LogP contribution in [0.5, 0.6) is 0 Å². The van der Waals surface area contributed by atoms with Crippen molar-refractivity contribution < 1.29 is 38.6 Å². The van der Waals surface area contributed by atoms with E-state index in [9.17, 15) is 33.9 Å². The van der Waals surface area contributed by atoms with Crippen LogP contribution in [0.15, 0.2) is 0 Å². The van der Waals surface area contributed by atoms with Crippen LogP contribution in [0.2, 0.25) is 0 Å². The van der Waals surface area contributed by atoms with E-state index in [0.717, 1.165) is 0 Å². The minimum atomic E-state index is -1.40. The zero-order chi connectivity index (χ0) is 32.6. The van der Waals surface area contributed by atoms with Crippen LogP contribution in [0.1, 0.15) is 66.7 Å². The normalized spacial score (nSPS) is 28.9. The maximum absolute atomic E-state index is 13.9. The van der Waals surface area contributed by atoms with Gasteiger partial charge in [0.1, 0.15) is 24.2 Å². The van der Waals surface area contributed by atoms with Gasteiger partial charge in [-0.05, 0) is 31.6 Å². The van der Waals surface area contributed by atoms with Gasteiger partial charge in [0.2, 0.25) is 23.6 Å². The fraction of sp³-hybridized carbons (Fsp3) is 0.793. The van der Waals surface area contributed by atoms with Crippen molar-refractivity contribution in [2.24, 2.45) is 11.8 Å². The Kier molecular flexibility index (Phi) is 13.7. The number of alkyl halides is 1. The summed E-state index contributed by atoms with van der Waals surface area (Å²) in [5, 5.41) is 15.6. The molecular weight excluding hydrogens is 582 g/mol. The Morgan fingerprint density at radius 3 is 2.23 bits per heavy atom. The highest BCUT2D eigenvalue weighted by Crippen LogP contribution is 2.23. The van der Waals surface area contributed by atoms with Gasteiger partial charge in [-0.2, -0.15) is 0 Å². The molecule has 2 aliphatic rings. The molecule has 0 aromatic heterocycles. The maximum Gasteiger partial charge on any atom is 0.308 e. The van der Waals surface area contributed by atoms with Crippen molar-refractivity contribution in [3.63, 3.8) is 0 Å². The van der Waals surface area contributed by atoms with Gasteiger partial charge in [0.15, 0.2) is 6.10 Å². The average Bonchev–Trinajstić information content (AvgIpc) is 3.46. The van der Waals surface area contributed by atoms with Gasteiger partial charge in [-0.1, -0.05) is 34.1 Å². The molecular formula is C29H48ClN5O8. The summed E-state index contributed by atoms with van der Waals surface area (Å²) in [6, 6.07) is -3.77. The van der Waals surface area contributed by atoms with Crippen molar-refractivity contribution in [3.8, 4) is 0 Å². The topological polar surface area (TPSA) is 166 Å². The van der Waals surface area contributed by atoms with Crippen molar-refractivity contribution in [3.05, 3.63) is 0 Å². The Hall–Kier alpha value is -2.93. The number of nitrogens with one attached hydrogen (secondary N) is 2. The highest BCUT2D eigenvalue weighted by molar-refractivity contribution is 6.18. The third-order valence-corrected chi connectivity index (χ3v) is 8.77. The van der Waals surface area contributed by atoms with Gasteiger partial charge in [-0.15, -0.1) is 11.6 Å². The SMILES string of the molecule is CC[C@H](C)[C@@H]1NC(=O)[C@@H]2CCCN2C(=O)C(CC(O)CCl)OC(=O)CCNC(=O)[C@H](C)N(C)C(=O)[C@H](C(C)C)N(C)C1=O. The number of hydrogen-bond donors (Lipinski definition) is 3. The Bertz CT molecular complexity index is 1040. The number of carbonyl (C=O) groups excluding carboxylic acids is 6. The van der Waals surface area contributed by atoms with Gasteiger partial charge in [-0.25, -0.2) is 0 Å². The minimum absolute atomic E-state index is 0.125. The second-order valence-corrected chi connectivity index (χ2v) is 12.2. The van der Waals surface area contributed by atoms with Crippen molar-refractivity contribution in [1.29, 1.82) is 0 Å². The molecule has 0 saturated carbocycles. The summed E-state index contributed by atoms with van der Waals surface area (Å²) in [4.78, 5) is 84.3. The van der Waals surface area contributed by atoms with E-state index in [1.807, 2.05) is 13.8 Å². The zero-order valence-electron chi connectivity index (χ0n) is 26.3.